The van der Waals surface area contributed by atoms with Crippen molar-refractivity contribution in [1.29, 1.82) is 0 Å². The van der Waals surface area contributed by atoms with Crippen LogP contribution in [0.1, 0.15) is 60.5 Å². The first-order valence-corrected chi connectivity index (χ1v) is 17.1. The monoisotopic (exact) mass is 757 g/mol. The van der Waals surface area contributed by atoms with Crippen molar-refractivity contribution in [2.24, 2.45) is 11.8 Å². The fourth-order valence-corrected chi connectivity index (χ4v) is 4.98. The van der Waals surface area contributed by atoms with E-state index in [1.54, 1.807) is 66.7 Å². The number of alkyl halides is 2. The Balaban J connectivity index is 0.000000797. The van der Waals surface area contributed by atoms with Gasteiger partial charge in [0.2, 0.25) is 5.91 Å². The lowest BCUT2D eigenvalue weighted by Crippen LogP contribution is -2.55. The number of aromatic nitrogens is 2. The summed E-state index contributed by atoms with van der Waals surface area (Å²) in [5, 5.41) is 10.5. The first kappa shape index (κ1) is 41.8. The highest BCUT2D eigenvalue weighted by Gasteiger charge is 2.32. The summed E-state index contributed by atoms with van der Waals surface area (Å²) in [6.07, 6.45) is 2.10. The molecular formula is C34H43Cl4N5O6. The van der Waals surface area contributed by atoms with Gasteiger partial charge in [-0.3, -0.25) is 19.4 Å². The summed E-state index contributed by atoms with van der Waals surface area (Å²) < 4.78 is 10.4. The second-order valence-electron chi connectivity index (χ2n) is 12.7. The number of nitrogens with zero attached hydrogens (tertiary/aromatic N) is 3. The Morgan fingerprint density at radius 2 is 1.53 bits per heavy atom. The third kappa shape index (κ3) is 13.5. The number of pyridine rings is 1. The van der Waals surface area contributed by atoms with E-state index in [0.717, 1.165) is 15.6 Å². The number of nitrogens with one attached hydrogen (secondary N) is 2. The van der Waals surface area contributed by atoms with Gasteiger partial charge in [-0.2, -0.15) is 0 Å². The van der Waals surface area contributed by atoms with Crippen LogP contribution in [-0.4, -0.2) is 62.9 Å². The van der Waals surface area contributed by atoms with Crippen LogP contribution in [0.4, 0.5) is 10.5 Å². The van der Waals surface area contributed by atoms with Gasteiger partial charge in [0.25, 0.3) is 5.91 Å². The normalized spacial score (nSPS) is 12.6. The Morgan fingerprint density at radius 1 is 0.918 bits per heavy atom. The van der Waals surface area contributed by atoms with Gasteiger partial charge in [0, 0.05) is 41.0 Å². The Morgan fingerprint density at radius 3 is 2.02 bits per heavy atom. The maximum absolute atomic E-state index is 13.3. The minimum atomic E-state index is -1.37. The van der Waals surface area contributed by atoms with Gasteiger partial charge >= 0.3 is 6.09 Å². The quantitative estimate of drug-likeness (QED) is 0.178. The number of benzene rings is 1. The maximum atomic E-state index is 13.3. The highest BCUT2D eigenvalue weighted by molar-refractivity contribution is 6.54. The van der Waals surface area contributed by atoms with Gasteiger partial charge in [0.15, 0.2) is 16.4 Å². The number of hydrogen-bond donors (Lipinski definition) is 2. The number of halogens is 4. The zero-order valence-corrected chi connectivity index (χ0v) is 31.7. The van der Waals surface area contributed by atoms with Gasteiger partial charge in [0.05, 0.1) is 12.2 Å². The predicted molar refractivity (Wildman–Crippen MR) is 193 cm³/mol. The zero-order chi connectivity index (χ0) is 37.1. The molecule has 1 unspecified atom stereocenters. The lowest BCUT2D eigenvalue weighted by Gasteiger charge is -2.29. The van der Waals surface area contributed by atoms with Gasteiger partial charge in [-0.1, -0.05) is 85.3 Å². The summed E-state index contributed by atoms with van der Waals surface area (Å²) in [5.41, 5.74) is 1.03. The minimum Gasteiger partial charge on any atom is -0.444 e. The van der Waals surface area contributed by atoms with Gasteiger partial charge < -0.3 is 24.8 Å². The van der Waals surface area contributed by atoms with E-state index < -0.39 is 40.4 Å². The summed E-state index contributed by atoms with van der Waals surface area (Å²) in [4.78, 5) is 55.8. The molecule has 0 aliphatic carbocycles. The molecule has 0 saturated carbocycles. The first-order chi connectivity index (χ1) is 22.8. The Bertz CT molecular complexity index is 1540. The molecule has 0 aliphatic rings. The molecule has 0 spiro atoms. The van der Waals surface area contributed by atoms with E-state index in [0.29, 0.717) is 17.1 Å². The third-order valence-electron chi connectivity index (χ3n) is 6.91. The number of hydrogen-bond acceptors (Lipinski definition) is 8. The van der Waals surface area contributed by atoms with E-state index in [-0.39, 0.29) is 30.6 Å². The zero-order valence-electron chi connectivity index (χ0n) is 28.7. The van der Waals surface area contributed by atoms with Crippen molar-refractivity contribution in [1.82, 2.24) is 20.8 Å². The number of ketones is 1. The fourth-order valence-electron chi connectivity index (χ4n) is 4.34. The standard InChI is InChI=1S/C27H37Cl2N5O6.C7H6Cl2/c1-15(2)21(32-24(36)22(16(3)4)33-26(38)39-27(5,6)7)19(35)10-13-34(25(37)23(28)29)17-8-11-30-18(14-17)20-9-12-31-40-20;1-5-6(8)3-2-4-7(5)9/h8-9,11-12,14-16,21-23H,10,13H2,1-7H3,(H,32,36)(H,33,38);2-4H,1H3/t21-,22?;/m0./s1. The lowest BCUT2D eigenvalue weighted by molar-refractivity contribution is -0.130. The average Bonchev–Trinajstić information content (AvgIpc) is 3.56. The number of anilines is 1. The van der Waals surface area contributed by atoms with E-state index in [1.165, 1.54) is 17.3 Å². The van der Waals surface area contributed by atoms with Crippen molar-refractivity contribution in [2.45, 2.75) is 84.3 Å². The molecule has 3 amide bonds. The van der Waals surface area contributed by atoms with E-state index in [4.69, 9.17) is 55.7 Å². The molecule has 0 radical (unpaired) electrons. The summed E-state index contributed by atoms with van der Waals surface area (Å²) in [6.45, 7) is 14.1. The van der Waals surface area contributed by atoms with Crippen molar-refractivity contribution >= 4 is 75.8 Å². The van der Waals surface area contributed by atoms with Gasteiger partial charge in [0.1, 0.15) is 17.3 Å². The summed E-state index contributed by atoms with van der Waals surface area (Å²) in [6, 6.07) is 8.46. The minimum absolute atomic E-state index is 0.0592. The molecule has 0 saturated heterocycles. The number of ether oxygens (including phenoxy) is 1. The van der Waals surface area contributed by atoms with E-state index in [9.17, 15) is 19.2 Å². The van der Waals surface area contributed by atoms with Gasteiger partial charge in [-0.15, -0.1) is 0 Å². The average molecular weight is 760 g/mol. The van der Waals surface area contributed by atoms with Crippen LogP contribution in [0.15, 0.2) is 53.3 Å². The third-order valence-corrected chi connectivity index (χ3v) is 8.11. The van der Waals surface area contributed by atoms with Crippen LogP contribution >= 0.6 is 46.4 Å². The number of rotatable bonds is 12. The maximum Gasteiger partial charge on any atom is 0.408 e. The van der Waals surface area contributed by atoms with Crippen molar-refractivity contribution in [3.63, 3.8) is 0 Å². The topological polar surface area (TPSA) is 144 Å². The molecule has 49 heavy (non-hydrogen) atoms. The number of amides is 3. The highest BCUT2D eigenvalue weighted by Crippen LogP contribution is 2.25. The molecule has 15 heteroatoms. The Kier molecular flexibility index (Phi) is 16.3. The van der Waals surface area contributed by atoms with Crippen LogP contribution in [0, 0.1) is 18.8 Å². The van der Waals surface area contributed by atoms with Crippen LogP contribution in [0.3, 0.4) is 0 Å². The molecule has 11 nitrogen and oxygen atoms in total. The Labute approximate surface area is 307 Å². The van der Waals surface area contributed by atoms with Crippen LogP contribution in [0.25, 0.3) is 11.5 Å². The number of carbonyl (C=O) groups is 4. The van der Waals surface area contributed by atoms with E-state index in [1.807, 2.05) is 25.1 Å². The predicted octanol–water partition coefficient (Wildman–Crippen LogP) is 7.82. The summed E-state index contributed by atoms with van der Waals surface area (Å²) in [5.74, 6) is -1.63. The van der Waals surface area contributed by atoms with Crippen molar-refractivity contribution < 1.29 is 28.4 Å². The van der Waals surface area contributed by atoms with Crippen LogP contribution in [0.5, 0.6) is 0 Å². The molecule has 2 heterocycles. The molecule has 0 aliphatic heterocycles. The Hall–Kier alpha value is -3.38. The smallest absolute Gasteiger partial charge is 0.408 e. The molecule has 3 rings (SSSR count). The number of Topliss-reactive ketones (excluding diaryl/α,β-unsaturated/α-hetero) is 1. The molecule has 0 fully saturated rings. The first-order valence-electron chi connectivity index (χ1n) is 15.5. The molecular weight excluding hydrogens is 716 g/mol. The highest BCUT2D eigenvalue weighted by atomic mass is 35.5. The molecule has 2 N–H and O–H groups in total. The van der Waals surface area contributed by atoms with Crippen LogP contribution in [0.2, 0.25) is 10.0 Å². The molecule has 2 aromatic heterocycles. The number of alkyl carbamates (subject to hydrolysis) is 1. The number of carbonyl (C=O) groups excluding carboxylic acids is 4. The summed E-state index contributed by atoms with van der Waals surface area (Å²) >= 11 is 23.3. The van der Waals surface area contributed by atoms with E-state index >= 15 is 0 Å². The second kappa shape index (κ2) is 19.1. The van der Waals surface area contributed by atoms with Crippen molar-refractivity contribution in [2.75, 3.05) is 11.4 Å². The SMILES string of the molecule is CC(C)C(NC(=O)OC(C)(C)C)C(=O)N[C@H](C(=O)CCN(C(=O)C(Cl)Cl)c1ccnc(-c2ccno2)c1)C(C)C.Cc1c(Cl)cccc1Cl. The second-order valence-corrected chi connectivity index (χ2v) is 14.6. The van der Waals surface area contributed by atoms with Gasteiger partial charge in [-0.05, 0) is 69.4 Å². The van der Waals surface area contributed by atoms with Gasteiger partial charge in [-0.25, -0.2) is 4.79 Å². The molecule has 268 valence electrons. The molecule has 2 atom stereocenters. The van der Waals surface area contributed by atoms with E-state index in [2.05, 4.69) is 20.8 Å². The molecule has 3 aromatic rings. The van der Waals surface area contributed by atoms with Crippen molar-refractivity contribution in [3.05, 3.63) is 64.4 Å². The summed E-state index contributed by atoms with van der Waals surface area (Å²) in [7, 11) is 0. The largest absolute Gasteiger partial charge is 0.444 e. The van der Waals surface area contributed by atoms with Crippen molar-refractivity contribution in [3.8, 4) is 11.5 Å². The lowest BCUT2D eigenvalue weighted by atomic mass is 9.96. The van der Waals surface area contributed by atoms with Crippen LogP contribution in [-0.2, 0) is 19.1 Å². The molecule has 0 bridgehead atoms. The van der Waals surface area contributed by atoms with Crippen LogP contribution < -0.4 is 15.5 Å². The molecule has 1 aromatic carbocycles. The fraction of sp³-hybridized carbons (Fsp3) is 0.471.